The summed E-state index contributed by atoms with van der Waals surface area (Å²) in [5, 5.41) is 0. The van der Waals surface area contributed by atoms with Gasteiger partial charge in [-0.3, -0.25) is 0 Å². The molecule has 94 valence electrons. The first-order valence-corrected chi connectivity index (χ1v) is 6.47. The fourth-order valence-electron chi connectivity index (χ4n) is 2.68. The van der Waals surface area contributed by atoms with Crippen molar-refractivity contribution in [3.8, 4) is 0 Å². The molecule has 0 aliphatic heterocycles. The molecule has 0 saturated heterocycles. The Morgan fingerprint density at radius 1 is 1.35 bits per heavy atom. The molecule has 1 aliphatic rings. The van der Waals surface area contributed by atoms with Crippen LogP contribution < -0.4 is 10.6 Å². The van der Waals surface area contributed by atoms with Crippen molar-refractivity contribution in [2.24, 2.45) is 11.7 Å². The summed E-state index contributed by atoms with van der Waals surface area (Å²) in [5.74, 6) is 0.371. The van der Waals surface area contributed by atoms with E-state index in [-0.39, 0.29) is 11.9 Å². The predicted molar refractivity (Wildman–Crippen MR) is 69.6 cm³/mol. The number of nitrogens with zero attached hydrogens (tertiary/aromatic N) is 1. The number of hydrogen-bond donors (Lipinski definition) is 1. The highest BCUT2D eigenvalue weighted by atomic mass is 19.1. The SMILES string of the molecule is CCN(CC1CCCC1N)c1ccccc1F. The predicted octanol–water partition coefficient (Wildman–Crippen LogP) is 2.78. The second kappa shape index (κ2) is 5.50. The molecular formula is C14H21FN2. The van der Waals surface area contributed by atoms with Gasteiger partial charge in [-0.2, -0.15) is 0 Å². The van der Waals surface area contributed by atoms with Crippen LogP contribution >= 0.6 is 0 Å². The van der Waals surface area contributed by atoms with Gasteiger partial charge in [0.25, 0.3) is 0 Å². The van der Waals surface area contributed by atoms with Crippen LogP contribution in [0.25, 0.3) is 0 Å². The van der Waals surface area contributed by atoms with Crippen LogP contribution in [0.15, 0.2) is 24.3 Å². The van der Waals surface area contributed by atoms with Crippen LogP contribution in [-0.4, -0.2) is 19.1 Å². The number of rotatable bonds is 4. The Balaban J connectivity index is 2.09. The third kappa shape index (κ3) is 2.78. The average molecular weight is 236 g/mol. The molecule has 1 aromatic rings. The van der Waals surface area contributed by atoms with Gasteiger partial charge >= 0.3 is 0 Å². The van der Waals surface area contributed by atoms with Crippen LogP contribution in [0, 0.1) is 11.7 Å². The molecule has 1 aliphatic carbocycles. The molecule has 0 aromatic heterocycles. The molecule has 0 radical (unpaired) electrons. The van der Waals surface area contributed by atoms with E-state index in [0.717, 1.165) is 19.5 Å². The van der Waals surface area contributed by atoms with Crippen LogP contribution in [0.4, 0.5) is 10.1 Å². The van der Waals surface area contributed by atoms with Crippen LogP contribution in [0.2, 0.25) is 0 Å². The Morgan fingerprint density at radius 3 is 2.71 bits per heavy atom. The lowest BCUT2D eigenvalue weighted by atomic mass is 10.0. The van der Waals surface area contributed by atoms with Gasteiger partial charge < -0.3 is 10.6 Å². The summed E-state index contributed by atoms with van der Waals surface area (Å²) in [6.07, 6.45) is 3.49. The Labute approximate surface area is 103 Å². The molecule has 2 nitrogen and oxygen atoms in total. The van der Waals surface area contributed by atoms with Crippen molar-refractivity contribution >= 4 is 5.69 Å². The molecule has 2 rings (SSSR count). The minimum atomic E-state index is -0.138. The monoisotopic (exact) mass is 236 g/mol. The van der Waals surface area contributed by atoms with Gasteiger partial charge in [0.1, 0.15) is 5.82 Å². The maximum absolute atomic E-state index is 13.7. The maximum atomic E-state index is 13.7. The lowest BCUT2D eigenvalue weighted by Crippen LogP contribution is -2.36. The fourth-order valence-corrected chi connectivity index (χ4v) is 2.68. The average Bonchev–Trinajstić information content (AvgIpc) is 2.73. The maximum Gasteiger partial charge on any atom is 0.146 e. The largest absolute Gasteiger partial charge is 0.369 e. The molecular weight excluding hydrogens is 215 g/mol. The quantitative estimate of drug-likeness (QED) is 0.871. The summed E-state index contributed by atoms with van der Waals surface area (Å²) in [5.41, 5.74) is 6.78. The second-order valence-electron chi connectivity index (χ2n) is 4.84. The van der Waals surface area contributed by atoms with Gasteiger partial charge in [-0.1, -0.05) is 18.6 Å². The molecule has 17 heavy (non-hydrogen) atoms. The third-order valence-electron chi connectivity index (χ3n) is 3.75. The fraction of sp³-hybridized carbons (Fsp3) is 0.571. The van der Waals surface area contributed by atoms with Crippen molar-refractivity contribution in [2.45, 2.75) is 32.2 Å². The number of anilines is 1. The molecule has 1 fully saturated rings. The molecule has 0 spiro atoms. The summed E-state index contributed by atoms with van der Waals surface area (Å²) in [7, 11) is 0. The summed E-state index contributed by atoms with van der Waals surface area (Å²) in [4.78, 5) is 2.10. The Morgan fingerprint density at radius 2 is 2.12 bits per heavy atom. The highest BCUT2D eigenvalue weighted by Gasteiger charge is 2.26. The minimum Gasteiger partial charge on any atom is -0.369 e. The molecule has 3 heteroatoms. The Hall–Kier alpha value is -1.09. The Bertz CT molecular complexity index is 367. The van der Waals surface area contributed by atoms with E-state index in [9.17, 15) is 4.39 Å². The van der Waals surface area contributed by atoms with Crippen LogP contribution in [0.5, 0.6) is 0 Å². The van der Waals surface area contributed by atoms with Crippen LogP contribution in [-0.2, 0) is 0 Å². The zero-order chi connectivity index (χ0) is 12.3. The smallest absolute Gasteiger partial charge is 0.146 e. The third-order valence-corrected chi connectivity index (χ3v) is 3.75. The van der Waals surface area contributed by atoms with Crippen LogP contribution in [0.1, 0.15) is 26.2 Å². The molecule has 2 atom stereocenters. The van der Waals surface area contributed by atoms with Gasteiger partial charge in [-0.25, -0.2) is 4.39 Å². The van der Waals surface area contributed by atoms with Crippen molar-refractivity contribution in [3.05, 3.63) is 30.1 Å². The molecule has 0 amide bonds. The Kier molecular flexibility index (Phi) is 4.00. The van der Waals surface area contributed by atoms with E-state index in [1.165, 1.54) is 18.9 Å². The highest BCUT2D eigenvalue weighted by Crippen LogP contribution is 2.27. The van der Waals surface area contributed by atoms with E-state index in [2.05, 4.69) is 11.8 Å². The van der Waals surface area contributed by atoms with Gasteiger partial charge in [0.2, 0.25) is 0 Å². The molecule has 0 bridgehead atoms. The summed E-state index contributed by atoms with van der Waals surface area (Å²) >= 11 is 0. The van der Waals surface area contributed by atoms with Gasteiger partial charge in [-0.05, 0) is 37.8 Å². The number of benzene rings is 1. The lowest BCUT2D eigenvalue weighted by molar-refractivity contribution is 0.472. The molecule has 0 heterocycles. The van der Waals surface area contributed by atoms with E-state index in [4.69, 9.17) is 5.73 Å². The zero-order valence-electron chi connectivity index (χ0n) is 10.4. The standard InChI is InChI=1S/C14H21FN2/c1-2-17(10-11-6-5-8-13(11)16)14-9-4-3-7-12(14)15/h3-4,7,9,11,13H,2,5-6,8,10,16H2,1H3. The van der Waals surface area contributed by atoms with E-state index in [1.54, 1.807) is 6.07 Å². The lowest BCUT2D eigenvalue weighted by Gasteiger charge is -2.28. The van der Waals surface area contributed by atoms with E-state index >= 15 is 0 Å². The number of hydrogen-bond acceptors (Lipinski definition) is 2. The number of halogens is 1. The van der Waals surface area contributed by atoms with Crippen molar-refractivity contribution in [2.75, 3.05) is 18.0 Å². The molecule has 1 saturated carbocycles. The number of para-hydroxylation sites is 1. The van der Waals surface area contributed by atoms with Gasteiger partial charge in [0.05, 0.1) is 5.69 Å². The van der Waals surface area contributed by atoms with Crippen LogP contribution in [0.3, 0.4) is 0 Å². The zero-order valence-corrected chi connectivity index (χ0v) is 10.4. The molecule has 1 aromatic carbocycles. The van der Waals surface area contributed by atoms with Gasteiger partial charge in [0, 0.05) is 19.1 Å². The highest BCUT2D eigenvalue weighted by molar-refractivity contribution is 5.47. The van der Waals surface area contributed by atoms with Gasteiger partial charge in [-0.15, -0.1) is 0 Å². The van der Waals surface area contributed by atoms with Gasteiger partial charge in [0.15, 0.2) is 0 Å². The normalized spacial score (nSPS) is 23.9. The first kappa shape index (κ1) is 12.4. The first-order valence-electron chi connectivity index (χ1n) is 6.47. The van der Waals surface area contributed by atoms with E-state index in [0.29, 0.717) is 11.6 Å². The van der Waals surface area contributed by atoms with Crippen molar-refractivity contribution in [3.63, 3.8) is 0 Å². The summed E-state index contributed by atoms with van der Waals surface area (Å²) in [6, 6.07) is 7.27. The van der Waals surface area contributed by atoms with Crippen molar-refractivity contribution < 1.29 is 4.39 Å². The minimum absolute atomic E-state index is 0.138. The van der Waals surface area contributed by atoms with E-state index < -0.39 is 0 Å². The summed E-state index contributed by atoms with van der Waals surface area (Å²) in [6.45, 7) is 3.76. The molecule has 2 N–H and O–H groups in total. The topological polar surface area (TPSA) is 29.3 Å². The number of nitrogens with two attached hydrogens (primary N) is 1. The summed E-state index contributed by atoms with van der Waals surface area (Å²) < 4.78 is 13.7. The molecule has 2 unspecified atom stereocenters. The van der Waals surface area contributed by atoms with E-state index in [1.807, 2.05) is 12.1 Å². The van der Waals surface area contributed by atoms with Crippen molar-refractivity contribution in [1.29, 1.82) is 0 Å². The first-order chi connectivity index (χ1) is 8.22. The second-order valence-corrected chi connectivity index (χ2v) is 4.84. The van der Waals surface area contributed by atoms with Crippen molar-refractivity contribution in [1.82, 2.24) is 0 Å².